The molecule has 172 valence electrons. The summed E-state index contributed by atoms with van der Waals surface area (Å²) in [6.45, 7) is -1.13. The lowest BCUT2D eigenvalue weighted by molar-refractivity contribution is -0.119. The standard InChI is InChI=1S/C23H21F2N3O4S/c1-14(29)26-12-15-6-8-16(9-7-15)18-13-33-23(27-18)28-20(30)11-10-17-4-3-5-19(31-2)21(17)32-22(24)25/h3-11,13,22H,12H2,1-2H3,(H,26,29)(H,27,28,30)/b11-10+. The Hall–Kier alpha value is -3.79. The highest BCUT2D eigenvalue weighted by molar-refractivity contribution is 7.14. The van der Waals surface area contributed by atoms with Crippen LogP contribution in [0.3, 0.4) is 0 Å². The number of halogens is 2. The van der Waals surface area contributed by atoms with Crippen LogP contribution in [0.5, 0.6) is 11.5 Å². The normalized spacial score (nSPS) is 10.9. The van der Waals surface area contributed by atoms with Crippen LogP contribution in [-0.4, -0.2) is 30.5 Å². The average Bonchev–Trinajstić information content (AvgIpc) is 3.25. The summed E-state index contributed by atoms with van der Waals surface area (Å²) in [5.74, 6) is -0.604. The molecular weight excluding hydrogens is 452 g/mol. The SMILES string of the molecule is COc1cccc(/C=C/C(=O)Nc2nc(-c3ccc(CNC(C)=O)cc3)cs2)c1OC(F)F. The van der Waals surface area contributed by atoms with Crippen molar-refractivity contribution in [1.82, 2.24) is 10.3 Å². The Labute approximate surface area is 193 Å². The van der Waals surface area contributed by atoms with E-state index in [9.17, 15) is 18.4 Å². The lowest BCUT2D eigenvalue weighted by Crippen LogP contribution is -2.18. The van der Waals surface area contributed by atoms with Gasteiger partial charge in [-0.25, -0.2) is 4.98 Å². The maximum Gasteiger partial charge on any atom is 0.387 e. The lowest BCUT2D eigenvalue weighted by Gasteiger charge is -2.12. The van der Waals surface area contributed by atoms with Gasteiger partial charge >= 0.3 is 6.61 Å². The minimum absolute atomic E-state index is 0.0998. The first-order chi connectivity index (χ1) is 15.9. The van der Waals surface area contributed by atoms with E-state index in [1.807, 2.05) is 24.3 Å². The van der Waals surface area contributed by atoms with Gasteiger partial charge in [0.1, 0.15) is 0 Å². The molecule has 0 fully saturated rings. The van der Waals surface area contributed by atoms with Gasteiger partial charge in [0, 0.05) is 36.1 Å². The molecule has 3 aromatic rings. The molecule has 0 radical (unpaired) electrons. The van der Waals surface area contributed by atoms with E-state index in [0.29, 0.717) is 17.4 Å². The smallest absolute Gasteiger partial charge is 0.387 e. The highest BCUT2D eigenvalue weighted by atomic mass is 32.1. The van der Waals surface area contributed by atoms with Crippen molar-refractivity contribution in [2.24, 2.45) is 0 Å². The number of amides is 2. The van der Waals surface area contributed by atoms with Gasteiger partial charge in [0.05, 0.1) is 12.8 Å². The summed E-state index contributed by atoms with van der Waals surface area (Å²) in [4.78, 5) is 27.7. The third-order valence-corrected chi connectivity index (χ3v) is 5.13. The summed E-state index contributed by atoms with van der Waals surface area (Å²) in [6, 6.07) is 12.1. The molecule has 0 spiro atoms. The maximum absolute atomic E-state index is 12.7. The molecular formula is C23H21F2N3O4S. The molecule has 10 heteroatoms. The van der Waals surface area contributed by atoms with Crippen LogP contribution in [-0.2, 0) is 16.1 Å². The molecule has 33 heavy (non-hydrogen) atoms. The Balaban J connectivity index is 1.66. The number of methoxy groups -OCH3 is 1. The van der Waals surface area contributed by atoms with Gasteiger partial charge in [-0.05, 0) is 17.7 Å². The zero-order chi connectivity index (χ0) is 23.8. The Morgan fingerprint density at radius 2 is 1.94 bits per heavy atom. The summed E-state index contributed by atoms with van der Waals surface area (Å²) in [5.41, 5.74) is 2.77. The average molecular weight is 474 g/mol. The quantitative estimate of drug-likeness (QED) is 0.440. The topological polar surface area (TPSA) is 89.5 Å². The van der Waals surface area contributed by atoms with E-state index >= 15 is 0 Å². The summed E-state index contributed by atoms with van der Waals surface area (Å²) < 4.78 is 35.0. The molecule has 0 saturated carbocycles. The summed E-state index contributed by atoms with van der Waals surface area (Å²) >= 11 is 1.25. The van der Waals surface area contributed by atoms with Crippen molar-refractivity contribution >= 4 is 34.4 Å². The summed E-state index contributed by atoms with van der Waals surface area (Å²) in [5, 5.41) is 7.57. The molecule has 2 aromatic carbocycles. The van der Waals surface area contributed by atoms with Crippen molar-refractivity contribution in [3.8, 4) is 22.8 Å². The van der Waals surface area contributed by atoms with Crippen molar-refractivity contribution < 1.29 is 27.8 Å². The van der Waals surface area contributed by atoms with E-state index in [2.05, 4.69) is 20.4 Å². The van der Waals surface area contributed by atoms with Crippen molar-refractivity contribution in [2.75, 3.05) is 12.4 Å². The number of para-hydroxylation sites is 1. The number of carbonyl (C=O) groups is 2. The summed E-state index contributed by atoms with van der Waals surface area (Å²) in [7, 11) is 1.34. The van der Waals surface area contributed by atoms with Gasteiger partial charge in [-0.3, -0.25) is 14.9 Å². The first-order valence-electron chi connectivity index (χ1n) is 9.76. The van der Waals surface area contributed by atoms with E-state index in [0.717, 1.165) is 11.1 Å². The van der Waals surface area contributed by atoms with Crippen LogP contribution in [0.25, 0.3) is 17.3 Å². The van der Waals surface area contributed by atoms with Gasteiger partial charge in [0.15, 0.2) is 16.6 Å². The number of carbonyl (C=O) groups excluding carboxylic acids is 2. The number of hydrogen-bond donors (Lipinski definition) is 2. The number of rotatable bonds is 9. The fourth-order valence-corrected chi connectivity index (χ4v) is 3.56. The molecule has 3 rings (SSSR count). The second-order valence-corrected chi connectivity index (χ2v) is 7.58. The number of anilines is 1. The van der Waals surface area contributed by atoms with Crippen LogP contribution in [0.4, 0.5) is 13.9 Å². The zero-order valence-corrected chi connectivity index (χ0v) is 18.6. The van der Waals surface area contributed by atoms with Gasteiger partial charge in [0.2, 0.25) is 11.8 Å². The number of aromatic nitrogens is 1. The number of ether oxygens (including phenoxy) is 2. The molecule has 2 amide bonds. The largest absolute Gasteiger partial charge is 0.493 e. The molecule has 0 unspecified atom stereocenters. The van der Waals surface area contributed by atoms with Crippen molar-refractivity contribution in [1.29, 1.82) is 0 Å². The minimum atomic E-state index is -3.03. The van der Waals surface area contributed by atoms with Crippen molar-refractivity contribution in [3.05, 3.63) is 65.0 Å². The van der Waals surface area contributed by atoms with Gasteiger partial charge in [-0.1, -0.05) is 36.4 Å². The van der Waals surface area contributed by atoms with E-state index in [-0.39, 0.29) is 23.0 Å². The third-order valence-electron chi connectivity index (χ3n) is 4.38. The van der Waals surface area contributed by atoms with Crippen LogP contribution in [0.15, 0.2) is 53.9 Å². The fraction of sp³-hybridized carbons (Fsp3) is 0.174. The number of nitrogens with one attached hydrogen (secondary N) is 2. The Bertz CT molecular complexity index is 1150. The molecule has 0 bridgehead atoms. The first kappa shape index (κ1) is 23.9. The Morgan fingerprint density at radius 3 is 2.61 bits per heavy atom. The molecule has 0 saturated heterocycles. The highest BCUT2D eigenvalue weighted by Crippen LogP contribution is 2.33. The molecule has 7 nitrogen and oxygen atoms in total. The number of nitrogens with zero attached hydrogens (tertiary/aromatic N) is 1. The Kier molecular flexibility index (Phi) is 8.09. The van der Waals surface area contributed by atoms with Crippen LogP contribution in [0.1, 0.15) is 18.1 Å². The van der Waals surface area contributed by atoms with Gasteiger partial charge in [-0.2, -0.15) is 8.78 Å². The highest BCUT2D eigenvalue weighted by Gasteiger charge is 2.14. The molecule has 1 aromatic heterocycles. The van der Waals surface area contributed by atoms with Crippen LogP contribution in [0.2, 0.25) is 0 Å². The van der Waals surface area contributed by atoms with E-state index < -0.39 is 12.5 Å². The van der Waals surface area contributed by atoms with Gasteiger partial charge < -0.3 is 14.8 Å². The molecule has 0 aliphatic carbocycles. The lowest BCUT2D eigenvalue weighted by atomic mass is 10.1. The predicted molar refractivity (Wildman–Crippen MR) is 122 cm³/mol. The molecule has 1 heterocycles. The van der Waals surface area contributed by atoms with Gasteiger partial charge in [-0.15, -0.1) is 11.3 Å². The number of hydrogen-bond acceptors (Lipinski definition) is 6. The van der Waals surface area contributed by atoms with Crippen molar-refractivity contribution in [2.45, 2.75) is 20.1 Å². The first-order valence-corrected chi connectivity index (χ1v) is 10.6. The van der Waals surface area contributed by atoms with E-state index in [1.54, 1.807) is 11.4 Å². The molecule has 0 aliphatic rings. The van der Waals surface area contributed by atoms with E-state index in [4.69, 9.17) is 4.74 Å². The van der Waals surface area contributed by atoms with Crippen LogP contribution < -0.4 is 20.1 Å². The molecule has 0 atom stereocenters. The second-order valence-electron chi connectivity index (χ2n) is 6.72. The number of alkyl halides is 2. The Morgan fingerprint density at radius 1 is 1.18 bits per heavy atom. The van der Waals surface area contributed by atoms with Gasteiger partial charge in [0.25, 0.3) is 0 Å². The second kappa shape index (κ2) is 11.2. The predicted octanol–water partition coefficient (Wildman–Crippen LogP) is 4.71. The minimum Gasteiger partial charge on any atom is -0.493 e. The third kappa shape index (κ3) is 6.84. The zero-order valence-electron chi connectivity index (χ0n) is 17.8. The monoisotopic (exact) mass is 473 g/mol. The maximum atomic E-state index is 12.7. The van der Waals surface area contributed by atoms with Crippen LogP contribution in [0, 0.1) is 0 Å². The molecule has 0 aliphatic heterocycles. The van der Waals surface area contributed by atoms with E-state index in [1.165, 1.54) is 49.7 Å². The number of thiazole rings is 1. The fourth-order valence-electron chi connectivity index (χ4n) is 2.84. The number of benzene rings is 2. The van der Waals surface area contributed by atoms with Crippen LogP contribution >= 0.6 is 11.3 Å². The van der Waals surface area contributed by atoms with Crippen molar-refractivity contribution in [3.63, 3.8) is 0 Å². The summed E-state index contributed by atoms with van der Waals surface area (Å²) in [6.07, 6.45) is 2.56. The molecule has 2 N–H and O–H groups in total.